The summed E-state index contributed by atoms with van der Waals surface area (Å²) in [5, 5.41) is 7.98. The summed E-state index contributed by atoms with van der Waals surface area (Å²) in [4.78, 5) is 16.8. The van der Waals surface area contributed by atoms with Gasteiger partial charge in [-0.1, -0.05) is 24.3 Å². The maximum absolute atomic E-state index is 12.4. The summed E-state index contributed by atoms with van der Waals surface area (Å²) in [6.07, 6.45) is 5.38. The van der Waals surface area contributed by atoms with Gasteiger partial charge in [0.15, 0.2) is 5.76 Å². The van der Waals surface area contributed by atoms with Gasteiger partial charge in [0, 0.05) is 36.9 Å². The number of furan rings is 1. The zero-order valence-corrected chi connectivity index (χ0v) is 13.6. The summed E-state index contributed by atoms with van der Waals surface area (Å²) in [6, 6.07) is 13.1. The third kappa shape index (κ3) is 3.01. The Kier molecular flexibility index (Phi) is 3.78. The van der Waals surface area contributed by atoms with E-state index in [0.29, 0.717) is 17.9 Å². The Hall–Kier alpha value is -3.41. The Labute approximate surface area is 144 Å². The fraction of sp³-hybridized carbons (Fsp3) is 0.105. The van der Waals surface area contributed by atoms with Gasteiger partial charge in [-0.15, -0.1) is 0 Å². The lowest BCUT2D eigenvalue weighted by molar-refractivity contribution is 0.0925. The summed E-state index contributed by atoms with van der Waals surface area (Å²) >= 11 is 0. The molecule has 3 heterocycles. The zero-order valence-electron chi connectivity index (χ0n) is 13.6. The van der Waals surface area contributed by atoms with Crippen molar-refractivity contribution in [2.24, 2.45) is 7.05 Å². The standard InChI is InChI=1S/C19H16N4O2/c1-23-12-15(11-22-23)18-14(6-4-8-20-18)10-21-19(24)17-9-13-5-2-3-7-16(13)25-17/h2-9,11-12H,10H2,1H3,(H,21,24). The van der Waals surface area contributed by atoms with Crippen LogP contribution in [0.4, 0.5) is 0 Å². The molecule has 1 aromatic carbocycles. The van der Waals surface area contributed by atoms with Crippen molar-refractivity contribution in [1.29, 1.82) is 0 Å². The number of nitrogens with zero attached hydrogens (tertiary/aromatic N) is 3. The van der Waals surface area contributed by atoms with Gasteiger partial charge in [0.25, 0.3) is 5.91 Å². The largest absolute Gasteiger partial charge is 0.451 e. The molecule has 1 amide bonds. The molecule has 4 rings (SSSR count). The lowest BCUT2D eigenvalue weighted by Gasteiger charge is -2.07. The molecule has 0 aliphatic heterocycles. The first-order valence-corrected chi connectivity index (χ1v) is 7.90. The minimum Gasteiger partial charge on any atom is -0.451 e. The second-order valence-electron chi connectivity index (χ2n) is 5.74. The van der Waals surface area contributed by atoms with Gasteiger partial charge in [0.05, 0.1) is 11.9 Å². The fourth-order valence-corrected chi connectivity index (χ4v) is 2.74. The number of fused-ring (bicyclic) bond motifs is 1. The predicted molar refractivity (Wildman–Crippen MR) is 93.8 cm³/mol. The Balaban J connectivity index is 1.54. The molecule has 0 spiro atoms. The average Bonchev–Trinajstić information content (AvgIpc) is 3.26. The molecule has 0 saturated heterocycles. The van der Waals surface area contributed by atoms with E-state index in [1.807, 2.05) is 49.6 Å². The van der Waals surface area contributed by atoms with Gasteiger partial charge < -0.3 is 9.73 Å². The third-order valence-electron chi connectivity index (χ3n) is 3.96. The highest BCUT2D eigenvalue weighted by atomic mass is 16.3. The summed E-state index contributed by atoms with van der Waals surface area (Å²) in [5.41, 5.74) is 3.33. The molecule has 124 valence electrons. The Morgan fingerprint density at radius 1 is 1.24 bits per heavy atom. The first-order valence-electron chi connectivity index (χ1n) is 7.90. The molecule has 0 fully saturated rings. The molecule has 0 atom stereocenters. The highest BCUT2D eigenvalue weighted by Gasteiger charge is 2.14. The van der Waals surface area contributed by atoms with Crippen LogP contribution < -0.4 is 5.32 Å². The normalized spacial score (nSPS) is 10.9. The third-order valence-corrected chi connectivity index (χ3v) is 3.96. The van der Waals surface area contributed by atoms with Crippen molar-refractivity contribution in [1.82, 2.24) is 20.1 Å². The van der Waals surface area contributed by atoms with E-state index in [4.69, 9.17) is 4.42 Å². The first-order chi connectivity index (χ1) is 12.2. The molecule has 0 bridgehead atoms. The van der Waals surface area contributed by atoms with E-state index in [-0.39, 0.29) is 5.91 Å². The van der Waals surface area contributed by atoms with E-state index in [2.05, 4.69) is 15.4 Å². The number of para-hydroxylation sites is 1. The number of carbonyl (C=O) groups is 1. The van der Waals surface area contributed by atoms with Crippen molar-refractivity contribution < 1.29 is 9.21 Å². The fourth-order valence-electron chi connectivity index (χ4n) is 2.74. The number of amides is 1. The number of aromatic nitrogens is 3. The van der Waals surface area contributed by atoms with Crippen LogP contribution in [0.3, 0.4) is 0 Å². The van der Waals surface area contributed by atoms with Gasteiger partial charge in [-0.3, -0.25) is 14.5 Å². The molecule has 1 N–H and O–H groups in total. The summed E-state index contributed by atoms with van der Waals surface area (Å²) in [6.45, 7) is 0.355. The lowest BCUT2D eigenvalue weighted by atomic mass is 10.1. The van der Waals surface area contributed by atoms with E-state index in [1.54, 1.807) is 23.1 Å². The van der Waals surface area contributed by atoms with Crippen molar-refractivity contribution in [2.45, 2.75) is 6.54 Å². The summed E-state index contributed by atoms with van der Waals surface area (Å²) in [7, 11) is 1.86. The molecular formula is C19H16N4O2. The van der Waals surface area contributed by atoms with E-state index in [9.17, 15) is 4.79 Å². The van der Waals surface area contributed by atoms with Crippen molar-refractivity contribution >= 4 is 16.9 Å². The van der Waals surface area contributed by atoms with E-state index in [0.717, 1.165) is 22.2 Å². The molecule has 0 aliphatic rings. The minimum absolute atomic E-state index is 0.253. The molecule has 0 aliphatic carbocycles. The first kappa shape index (κ1) is 15.1. The van der Waals surface area contributed by atoms with Crippen molar-refractivity contribution in [2.75, 3.05) is 0 Å². The Morgan fingerprint density at radius 2 is 2.12 bits per heavy atom. The maximum atomic E-state index is 12.4. The number of pyridine rings is 1. The average molecular weight is 332 g/mol. The number of hydrogen-bond acceptors (Lipinski definition) is 4. The predicted octanol–water partition coefficient (Wildman–Crippen LogP) is 3.16. The minimum atomic E-state index is -0.253. The Bertz CT molecular complexity index is 1020. The Morgan fingerprint density at radius 3 is 2.92 bits per heavy atom. The van der Waals surface area contributed by atoms with E-state index >= 15 is 0 Å². The van der Waals surface area contributed by atoms with Gasteiger partial charge in [0.2, 0.25) is 0 Å². The summed E-state index contributed by atoms with van der Waals surface area (Å²) in [5.74, 6) is 0.0465. The highest BCUT2D eigenvalue weighted by Crippen LogP contribution is 2.21. The molecule has 0 saturated carbocycles. The topological polar surface area (TPSA) is 73.0 Å². The summed E-state index contributed by atoms with van der Waals surface area (Å²) < 4.78 is 7.32. The van der Waals surface area contributed by atoms with Crippen molar-refractivity contribution in [3.05, 3.63) is 72.4 Å². The number of benzene rings is 1. The second kappa shape index (κ2) is 6.24. The van der Waals surface area contributed by atoms with Gasteiger partial charge in [-0.05, 0) is 23.8 Å². The smallest absolute Gasteiger partial charge is 0.287 e. The van der Waals surface area contributed by atoms with Gasteiger partial charge >= 0.3 is 0 Å². The van der Waals surface area contributed by atoms with Crippen LogP contribution in [-0.4, -0.2) is 20.7 Å². The second-order valence-corrected chi connectivity index (χ2v) is 5.74. The van der Waals surface area contributed by atoms with Gasteiger partial charge in [0.1, 0.15) is 5.58 Å². The lowest BCUT2D eigenvalue weighted by Crippen LogP contribution is -2.22. The van der Waals surface area contributed by atoms with Crippen LogP contribution >= 0.6 is 0 Å². The molecule has 4 aromatic rings. The van der Waals surface area contributed by atoms with Crippen molar-refractivity contribution in [3.8, 4) is 11.3 Å². The molecule has 25 heavy (non-hydrogen) atoms. The van der Waals surface area contributed by atoms with E-state index < -0.39 is 0 Å². The number of carbonyl (C=O) groups excluding carboxylic acids is 1. The molecule has 6 nitrogen and oxygen atoms in total. The SMILES string of the molecule is Cn1cc(-c2ncccc2CNC(=O)c2cc3ccccc3o2)cn1. The number of nitrogens with one attached hydrogen (secondary N) is 1. The van der Waals surface area contributed by atoms with Crippen molar-refractivity contribution in [3.63, 3.8) is 0 Å². The van der Waals surface area contributed by atoms with E-state index in [1.165, 1.54) is 0 Å². The molecular weight excluding hydrogens is 316 g/mol. The van der Waals surface area contributed by atoms with Gasteiger partial charge in [-0.25, -0.2) is 0 Å². The van der Waals surface area contributed by atoms with Crippen LogP contribution in [0.25, 0.3) is 22.2 Å². The maximum Gasteiger partial charge on any atom is 0.287 e. The zero-order chi connectivity index (χ0) is 17.2. The number of hydrogen-bond donors (Lipinski definition) is 1. The number of aryl methyl sites for hydroxylation is 1. The highest BCUT2D eigenvalue weighted by molar-refractivity contribution is 5.96. The molecule has 0 unspecified atom stereocenters. The number of rotatable bonds is 4. The molecule has 3 aromatic heterocycles. The van der Waals surface area contributed by atoms with Crippen LogP contribution in [0.1, 0.15) is 16.1 Å². The quantitative estimate of drug-likeness (QED) is 0.623. The van der Waals surface area contributed by atoms with Crippen LogP contribution in [0.2, 0.25) is 0 Å². The van der Waals surface area contributed by atoms with Gasteiger partial charge in [-0.2, -0.15) is 5.10 Å². The molecule has 0 radical (unpaired) electrons. The monoisotopic (exact) mass is 332 g/mol. The van der Waals surface area contributed by atoms with Crippen LogP contribution in [0.15, 0.2) is 65.5 Å². The van der Waals surface area contributed by atoms with Crippen LogP contribution in [0, 0.1) is 0 Å². The molecule has 6 heteroatoms. The van der Waals surface area contributed by atoms with Crippen LogP contribution in [-0.2, 0) is 13.6 Å². The van der Waals surface area contributed by atoms with Crippen LogP contribution in [0.5, 0.6) is 0 Å².